The van der Waals surface area contributed by atoms with E-state index in [-0.39, 0.29) is 5.91 Å². The molecule has 0 aliphatic carbocycles. The van der Waals surface area contributed by atoms with E-state index in [2.05, 4.69) is 62.2 Å². The zero-order valence-corrected chi connectivity index (χ0v) is 20.3. The quantitative estimate of drug-likeness (QED) is 0.540. The van der Waals surface area contributed by atoms with E-state index < -0.39 is 0 Å². The lowest BCUT2D eigenvalue weighted by molar-refractivity contribution is 0.0303. The zero-order chi connectivity index (χ0) is 23.9. The van der Waals surface area contributed by atoms with Crippen LogP contribution in [-0.2, 0) is 11.3 Å². The fourth-order valence-electron chi connectivity index (χ4n) is 5.08. The Kier molecular flexibility index (Phi) is 7.75. The van der Waals surface area contributed by atoms with Crippen molar-refractivity contribution in [1.82, 2.24) is 19.8 Å². The third-order valence-electron chi connectivity index (χ3n) is 7.15. The SMILES string of the molecule is O=C(c1ccc(N2CCC(NC(CCn3ccnc3)c3ccccc3)CC2)cc1)N1CCOCC1. The molecule has 1 atom stereocenters. The fraction of sp³-hybridized carbons (Fsp3) is 0.429. The molecule has 2 aliphatic rings. The van der Waals surface area contributed by atoms with Gasteiger partial charge >= 0.3 is 0 Å². The normalized spacial score (nSPS) is 17.9. The van der Waals surface area contributed by atoms with Crippen molar-refractivity contribution in [2.24, 2.45) is 0 Å². The third kappa shape index (κ3) is 6.10. The molecule has 1 N–H and O–H groups in total. The maximum Gasteiger partial charge on any atom is 0.254 e. The molecule has 2 fully saturated rings. The minimum Gasteiger partial charge on any atom is -0.378 e. The van der Waals surface area contributed by atoms with Crippen molar-refractivity contribution in [2.45, 2.75) is 37.9 Å². The Hall–Kier alpha value is -3.16. The maximum atomic E-state index is 12.7. The first-order valence-electron chi connectivity index (χ1n) is 12.7. The van der Waals surface area contributed by atoms with E-state index in [1.807, 2.05) is 35.8 Å². The monoisotopic (exact) mass is 473 g/mol. The van der Waals surface area contributed by atoms with Gasteiger partial charge < -0.3 is 24.4 Å². The second kappa shape index (κ2) is 11.5. The van der Waals surface area contributed by atoms with Crippen LogP contribution in [0.1, 0.15) is 41.2 Å². The van der Waals surface area contributed by atoms with E-state index in [0.717, 1.165) is 44.5 Å². The van der Waals surface area contributed by atoms with Crippen molar-refractivity contribution in [2.75, 3.05) is 44.3 Å². The summed E-state index contributed by atoms with van der Waals surface area (Å²) >= 11 is 0. The van der Waals surface area contributed by atoms with Gasteiger partial charge in [-0.1, -0.05) is 30.3 Å². The minimum absolute atomic E-state index is 0.102. The van der Waals surface area contributed by atoms with Gasteiger partial charge in [0.1, 0.15) is 0 Å². The molecule has 7 heteroatoms. The summed E-state index contributed by atoms with van der Waals surface area (Å²) in [7, 11) is 0. The molecule has 0 bridgehead atoms. The van der Waals surface area contributed by atoms with Crippen molar-refractivity contribution < 1.29 is 9.53 Å². The Morgan fingerprint density at radius 1 is 1.00 bits per heavy atom. The summed E-state index contributed by atoms with van der Waals surface area (Å²) in [6.45, 7) is 5.57. The van der Waals surface area contributed by atoms with Crippen LogP contribution in [0.5, 0.6) is 0 Å². The molecule has 3 heterocycles. The van der Waals surface area contributed by atoms with Crippen molar-refractivity contribution in [1.29, 1.82) is 0 Å². The number of rotatable bonds is 8. The first-order valence-corrected chi connectivity index (χ1v) is 12.7. The number of ether oxygens (including phenoxy) is 1. The maximum absolute atomic E-state index is 12.7. The lowest BCUT2D eigenvalue weighted by atomic mass is 9.98. The third-order valence-corrected chi connectivity index (χ3v) is 7.15. The average Bonchev–Trinajstić information content (AvgIpc) is 3.46. The molecule has 1 unspecified atom stereocenters. The number of imidazole rings is 1. The number of nitrogens with one attached hydrogen (secondary N) is 1. The molecule has 2 saturated heterocycles. The van der Waals surface area contributed by atoms with Crippen LogP contribution >= 0.6 is 0 Å². The molecule has 1 aromatic heterocycles. The molecule has 2 aliphatic heterocycles. The van der Waals surface area contributed by atoms with E-state index >= 15 is 0 Å². The number of hydrogen-bond donors (Lipinski definition) is 1. The van der Waals surface area contributed by atoms with Gasteiger partial charge in [0.2, 0.25) is 0 Å². The highest BCUT2D eigenvalue weighted by Gasteiger charge is 2.24. The number of benzene rings is 2. The number of morpholine rings is 1. The van der Waals surface area contributed by atoms with Gasteiger partial charge in [-0.15, -0.1) is 0 Å². The van der Waals surface area contributed by atoms with Gasteiger partial charge in [-0.25, -0.2) is 4.98 Å². The molecular weight excluding hydrogens is 438 g/mol. The van der Waals surface area contributed by atoms with Crippen LogP contribution in [0, 0.1) is 0 Å². The van der Waals surface area contributed by atoms with Crippen LogP contribution in [0.15, 0.2) is 73.3 Å². The van der Waals surface area contributed by atoms with Gasteiger partial charge in [-0.3, -0.25) is 4.79 Å². The summed E-state index contributed by atoms with van der Waals surface area (Å²) in [4.78, 5) is 21.2. The predicted molar refractivity (Wildman–Crippen MR) is 138 cm³/mol. The summed E-state index contributed by atoms with van der Waals surface area (Å²) in [5, 5.41) is 3.95. The number of anilines is 1. The molecule has 184 valence electrons. The van der Waals surface area contributed by atoms with Crippen LogP contribution in [0.25, 0.3) is 0 Å². The van der Waals surface area contributed by atoms with Gasteiger partial charge in [0.25, 0.3) is 5.91 Å². The van der Waals surface area contributed by atoms with Crippen LogP contribution in [-0.4, -0.2) is 65.8 Å². The van der Waals surface area contributed by atoms with E-state index in [1.54, 1.807) is 0 Å². The summed E-state index contributed by atoms with van der Waals surface area (Å²) in [6, 6.07) is 19.7. The number of amides is 1. The molecule has 3 aromatic rings. The number of aromatic nitrogens is 2. The van der Waals surface area contributed by atoms with Crippen molar-refractivity contribution in [3.63, 3.8) is 0 Å². The van der Waals surface area contributed by atoms with Gasteiger partial charge in [0.15, 0.2) is 0 Å². The smallest absolute Gasteiger partial charge is 0.254 e. The Morgan fingerprint density at radius 3 is 2.43 bits per heavy atom. The topological polar surface area (TPSA) is 62.6 Å². The van der Waals surface area contributed by atoms with Crippen molar-refractivity contribution in [3.05, 3.63) is 84.4 Å². The molecule has 0 saturated carbocycles. The van der Waals surface area contributed by atoms with Crippen LogP contribution in [0.2, 0.25) is 0 Å². The number of aryl methyl sites for hydroxylation is 1. The standard InChI is InChI=1S/C28H35N5O2/c34-28(33-18-20-35-21-19-33)24-6-8-26(9-7-24)32-15-10-25(11-16-32)30-27(23-4-2-1-3-5-23)12-14-31-17-13-29-22-31/h1-9,13,17,22,25,27,30H,10-12,14-16,18-21H2. The highest BCUT2D eigenvalue weighted by molar-refractivity contribution is 5.94. The van der Waals surface area contributed by atoms with E-state index in [0.29, 0.717) is 38.4 Å². The van der Waals surface area contributed by atoms with E-state index in [4.69, 9.17) is 4.74 Å². The van der Waals surface area contributed by atoms with Crippen LogP contribution in [0.4, 0.5) is 5.69 Å². The predicted octanol–water partition coefficient (Wildman–Crippen LogP) is 3.75. The summed E-state index contributed by atoms with van der Waals surface area (Å²) in [5.74, 6) is 0.102. The molecular formula is C28H35N5O2. The second-order valence-electron chi connectivity index (χ2n) is 9.43. The highest BCUT2D eigenvalue weighted by atomic mass is 16.5. The Morgan fingerprint density at radius 2 is 1.74 bits per heavy atom. The second-order valence-corrected chi connectivity index (χ2v) is 9.43. The van der Waals surface area contributed by atoms with Crippen molar-refractivity contribution >= 4 is 11.6 Å². The van der Waals surface area contributed by atoms with Gasteiger partial charge in [-0.05, 0) is 49.1 Å². The average molecular weight is 474 g/mol. The Balaban J connectivity index is 1.15. The molecule has 1 amide bonds. The molecule has 0 spiro atoms. The van der Waals surface area contributed by atoms with Crippen molar-refractivity contribution in [3.8, 4) is 0 Å². The first kappa shape index (κ1) is 23.6. The first-order chi connectivity index (χ1) is 17.3. The largest absolute Gasteiger partial charge is 0.378 e. The lowest BCUT2D eigenvalue weighted by Gasteiger charge is -2.36. The highest BCUT2D eigenvalue weighted by Crippen LogP contribution is 2.25. The fourth-order valence-corrected chi connectivity index (χ4v) is 5.08. The number of nitrogens with zero attached hydrogens (tertiary/aromatic N) is 4. The Labute approximate surface area is 207 Å². The van der Waals surface area contributed by atoms with E-state index in [9.17, 15) is 4.79 Å². The lowest BCUT2D eigenvalue weighted by Crippen LogP contribution is -2.44. The van der Waals surface area contributed by atoms with Gasteiger partial charge in [0, 0.05) is 68.5 Å². The van der Waals surface area contributed by atoms with E-state index in [1.165, 1.54) is 11.3 Å². The molecule has 35 heavy (non-hydrogen) atoms. The molecule has 5 rings (SSSR count). The Bertz CT molecular complexity index is 1040. The number of carbonyl (C=O) groups excluding carboxylic acids is 1. The zero-order valence-electron chi connectivity index (χ0n) is 20.3. The summed E-state index contributed by atoms with van der Waals surface area (Å²) in [6.07, 6.45) is 8.98. The van der Waals surface area contributed by atoms with Crippen LogP contribution < -0.4 is 10.2 Å². The number of hydrogen-bond acceptors (Lipinski definition) is 5. The van der Waals surface area contributed by atoms with Crippen LogP contribution in [0.3, 0.4) is 0 Å². The minimum atomic E-state index is 0.102. The number of carbonyl (C=O) groups is 1. The molecule has 0 radical (unpaired) electrons. The summed E-state index contributed by atoms with van der Waals surface area (Å²) in [5.41, 5.74) is 3.30. The summed E-state index contributed by atoms with van der Waals surface area (Å²) < 4.78 is 7.51. The molecule has 7 nitrogen and oxygen atoms in total. The molecule has 2 aromatic carbocycles. The number of piperidine rings is 1. The van der Waals surface area contributed by atoms with Gasteiger partial charge in [-0.2, -0.15) is 0 Å². The van der Waals surface area contributed by atoms with Gasteiger partial charge in [0.05, 0.1) is 19.5 Å².